The summed E-state index contributed by atoms with van der Waals surface area (Å²) in [6.45, 7) is 1.81. The number of anilines is 1. The fraction of sp³-hybridized carbons (Fsp3) is 0.250. The number of carbonyl (C=O) groups excluding carboxylic acids is 2. The minimum atomic E-state index is -1.02. The summed E-state index contributed by atoms with van der Waals surface area (Å²) in [5, 5.41) is 4.46. The molecular weight excluding hydrogens is 384 g/mol. The number of amides is 2. The smallest absolute Gasteiger partial charge is 0.278 e. The van der Waals surface area contributed by atoms with Crippen LogP contribution in [0.5, 0.6) is 11.5 Å². The van der Waals surface area contributed by atoms with Gasteiger partial charge in [-0.05, 0) is 42.8 Å². The summed E-state index contributed by atoms with van der Waals surface area (Å²) >= 11 is 6.07. The first-order chi connectivity index (χ1) is 13.5. The maximum atomic E-state index is 13.2. The predicted molar refractivity (Wildman–Crippen MR) is 103 cm³/mol. The van der Waals surface area contributed by atoms with Crippen molar-refractivity contribution in [3.63, 3.8) is 0 Å². The van der Waals surface area contributed by atoms with Gasteiger partial charge in [-0.25, -0.2) is 4.90 Å². The van der Waals surface area contributed by atoms with Crippen molar-refractivity contribution in [1.82, 2.24) is 0 Å². The van der Waals surface area contributed by atoms with E-state index < -0.39 is 23.8 Å². The Labute approximate surface area is 166 Å². The van der Waals surface area contributed by atoms with Crippen molar-refractivity contribution >= 4 is 34.8 Å². The fourth-order valence-electron chi connectivity index (χ4n) is 3.48. The number of ether oxygens (including phenoxy) is 2. The Bertz CT molecular complexity index is 1020. The van der Waals surface area contributed by atoms with Gasteiger partial charge in [-0.1, -0.05) is 22.8 Å². The number of aryl methyl sites for hydroxylation is 1. The Morgan fingerprint density at radius 3 is 2.57 bits per heavy atom. The van der Waals surface area contributed by atoms with Crippen LogP contribution in [-0.2, 0) is 14.4 Å². The number of methoxy groups -OCH3 is 2. The summed E-state index contributed by atoms with van der Waals surface area (Å²) in [6, 6.07) is 10.2. The highest BCUT2D eigenvalue weighted by atomic mass is 35.5. The second kappa shape index (κ2) is 6.83. The SMILES string of the molecule is COc1ccc(OC)c(C2=NO[C@@H]3C(=O)N(c4cc(Cl)ccc4C)C(=O)[C@H]23)c1. The Morgan fingerprint density at radius 2 is 1.86 bits per heavy atom. The lowest BCUT2D eigenvalue weighted by atomic mass is 9.93. The van der Waals surface area contributed by atoms with E-state index >= 15 is 0 Å². The van der Waals surface area contributed by atoms with Crippen molar-refractivity contribution in [3.05, 3.63) is 52.5 Å². The minimum Gasteiger partial charge on any atom is -0.497 e. The minimum absolute atomic E-state index is 0.335. The first-order valence-electron chi connectivity index (χ1n) is 8.56. The van der Waals surface area contributed by atoms with Gasteiger partial charge in [-0.3, -0.25) is 9.59 Å². The molecule has 0 saturated carbocycles. The zero-order valence-corrected chi connectivity index (χ0v) is 16.2. The van der Waals surface area contributed by atoms with Crippen molar-refractivity contribution in [2.45, 2.75) is 13.0 Å². The molecule has 1 saturated heterocycles. The number of carbonyl (C=O) groups is 2. The molecule has 0 aliphatic carbocycles. The van der Waals surface area contributed by atoms with Crippen LogP contribution in [0.2, 0.25) is 5.02 Å². The third-order valence-corrected chi connectivity index (χ3v) is 5.14. The third-order valence-electron chi connectivity index (χ3n) is 4.91. The predicted octanol–water partition coefficient (Wildman–Crippen LogP) is 2.96. The third kappa shape index (κ3) is 2.70. The van der Waals surface area contributed by atoms with Crippen LogP contribution in [0.3, 0.4) is 0 Å². The number of benzene rings is 2. The average molecular weight is 401 g/mol. The number of halogens is 1. The summed E-state index contributed by atoms with van der Waals surface area (Å²) in [4.78, 5) is 32.6. The van der Waals surface area contributed by atoms with Gasteiger partial charge in [-0.15, -0.1) is 0 Å². The van der Waals surface area contributed by atoms with Crippen LogP contribution in [0, 0.1) is 12.8 Å². The van der Waals surface area contributed by atoms with Crippen LogP contribution < -0.4 is 14.4 Å². The molecule has 2 aromatic rings. The number of fused-ring (bicyclic) bond motifs is 1. The lowest BCUT2D eigenvalue weighted by molar-refractivity contribution is -0.126. The van der Waals surface area contributed by atoms with E-state index in [2.05, 4.69) is 5.16 Å². The topological polar surface area (TPSA) is 77.4 Å². The number of rotatable bonds is 4. The molecule has 2 aromatic carbocycles. The molecule has 8 heteroatoms. The Balaban J connectivity index is 1.77. The summed E-state index contributed by atoms with van der Waals surface area (Å²) < 4.78 is 10.7. The lowest BCUT2D eigenvalue weighted by Gasteiger charge is -2.18. The summed E-state index contributed by atoms with van der Waals surface area (Å²) in [5.41, 5.74) is 2.07. The Kier molecular flexibility index (Phi) is 4.47. The molecule has 2 amide bonds. The maximum absolute atomic E-state index is 13.2. The first kappa shape index (κ1) is 18.3. The molecule has 2 aliphatic heterocycles. The van der Waals surface area contributed by atoms with E-state index in [1.54, 1.807) is 43.3 Å². The van der Waals surface area contributed by atoms with E-state index in [1.165, 1.54) is 14.2 Å². The molecule has 7 nitrogen and oxygen atoms in total. The molecule has 0 unspecified atom stereocenters. The van der Waals surface area contributed by atoms with Gasteiger partial charge in [0.2, 0.25) is 12.0 Å². The van der Waals surface area contributed by atoms with Crippen LogP contribution >= 0.6 is 11.6 Å². The number of hydrogen-bond acceptors (Lipinski definition) is 6. The summed E-state index contributed by atoms with van der Waals surface area (Å²) in [7, 11) is 3.05. The van der Waals surface area contributed by atoms with Crippen molar-refractivity contribution in [1.29, 1.82) is 0 Å². The van der Waals surface area contributed by atoms with Gasteiger partial charge in [0, 0.05) is 10.6 Å². The van der Waals surface area contributed by atoms with Gasteiger partial charge >= 0.3 is 0 Å². The molecule has 28 heavy (non-hydrogen) atoms. The molecule has 0 spiro atoms. The van der Waals surface area contributed by atoms with Gasteiger partial charge < -0.3 is 14.3 Å². The highest BCUT2D eigenvalue weighted by molar-refractivity contribution is 6.34. The Morgan fingerprint density at radius 1 is 1.07 bits per heavy atom. The van der Waals surface area contributed by atoms with Crippen molar-refractivity contribution in [2.75, 3.05) is 19.1 Å². The van der Waals surface area contributed by atoms with Crippen LogP contribution in [0.1, 0.15) is 11.1 Å². The standard InChI is InChI=1S/C20H17ClN2O5/c1-10-4-5-11(21)8-14(10)23-19(24)16-17(22-28-18(16)20(23)25)13-9-12(26-2)6-7-15(13)27-3/h4-9,16,18H,1-3H3/t16-,18+/m1/s1. The molecule has 0 aromatic heterocycles. The molecule has 1 fully saturated rings. The number of nitrogens with zero attached hydrogens (tertiary/aromatic N) is 2. The zero-order chi connectivity index (χ0) is 20.0. The normalized spacial score (nSPS) is 20.7. The van der Waals surface area contributed by atoms with Crippen LogP contribution in [0.25, 0.3) is 0 Å². The second-order valence-corrected chi connectivity index (χ2v) is 6.93. The van der Waals surface area contributed by atoms with Crippen molar-refractivity contribution in [3.8, 4) is 11.5 Å². The van der Waals surface area contributed by atoms with E-state index in [4.69, 9.17) is 25.9 Å². The van der Waals surface area contributed by atoms with Crippen molar-refractivity contribution in [2.24, 2.45) is 11.1 Å². The molecule has 2 aliphatic rings. The van der Waals surface area contributed by atoms with Gasteiger partial charge in [-0.2, -0.15) is 0 Å². The molecule has 2 atom stereocenters. The molecule has 144 valence electrons. The molecule has 0 radical (unpaired) electrons. The van der Waals surface area contributed by atoms with Gasteiger partial charge in [0.25, 0.3) is 5.91 Å². The zero-order valence-electron chi connectivity index (χ0n) is 15.4. The number of oxime groups is 1. The van der Waals surface area contributed by atoms with Gasteiger partial charge in [0.15, 0.2) is 0 Å². The van der Waals surface area contributed by atoms with E-state index in [1.807, 2.05) is 0 Å². The quantitative estimate of drug-likeness (QED) is 0.737. The maximum Gasteiger partial charge on any atom is 0.278 e. The average Bonchev–Trinajstić information content (AvgIpc) is 3.24. The number of imide groups is 1. The van der Waals surface area contributed by atoms with Crippen molar-refractivity contribution < 1.29 is 23.9 Å². The first-order valence-corrected chi connectivity index (χ1v) is 8.94. The van der Waals surface area contributed by atoms with E-state index in [-0.39, 0.29) is 0 Å². The number of hydrogen-bond donors (Lipinski definition) is 0. The Hall–Kier alpha value is -3.06. The van der Waals surface area contributed by atoms with Crippen LogP contribution in [-0.4, -0.2) is 37.8 Å². The molecule has 0 bridgehead atoms. The van der Waals surface area contributed by atoms with Gasteiger partial charge in [0.1, 0.15) is 23.1 Å². The van der Waals surface area contributed by atoms with E-state index in [9.17, 15) is 9.59 Å². The lowest BCUT2D eigenvalue weighted by Crippen LogP contribution is -2.33. The molecule has 0 N–H and O–H groups in total. The summed E-state index contributed by atoms with van der Waals surface area (Å²) in [5.74, 6) is -0.683. The largest absolute Gasteiger partial charge is 0.497 e. The molecule has 4 rings (SSSR count). The van der Waals surface area contributed by atoms with E-state index in [0.717, 1.165) is 10.5 Å². The molecule has 2 heterocycles. The van der Waals surface area contributed by atoms with E-state index in [0.29, 0.717) is 33.5 Å². The summed E-state index contributed by atoms with van der Waals surface area (Å²) in [6.07, 6.45) is -1.02. The monoisotopic (exact) mass is 400 g/mol. The highest BCUT2D eigenvalue weighted by Gasteiger charge is 2.56. The van der Waals surface area contributed by atoms with Crippen LogP contribution in [0.15, 0.2) is 41.6 Å². The highest BCUT2D eigenvalue weighted by Crippen LogP contribution is 2.39. The van der Waals surface area contributed by atoms with Crippen LogP contribution in [0.4, 0.5) is 5.69 Å². The van der Waals surface area contributed by atoms with Gasteiger partial charge in [0.05, 0.1) is 19.9 Å². The molecular formula is C20H17ClN2O5. The second-order valence-electron chi connectivity index (χ2n) is 6.49. The fourth-order valence-corrected chi connectivity index (χ4v) is 3.64.